The third kappa shape index (κ3) is 5.03. The van der Waals surface area contributed by atoms with Gasteiger partial charge in [0, 0.05) is 11.4 Å². The first-order valence-corrected chi connectivity index (χ1v) is 9.58. The van der Waals surface area contributed by atoms with Crippen molar-refractivity contribution in [1.29, 1.82) is 0 Å². The van der Waals surface area contributed by atoms with E-state index in [1.54, 1.807) is 48.5 Å². The van der Waals surface area contributed by atoms with Crippen LogP contribution in [0.2, 0.25) is 0 Å². The molecule has 0 amide bonds. The zero-order valence-corrected chi connectivity index (χ0v) is 15.8. The SMILES string of the molecule is Nc1ccccc1C(=O)OCC1CCC(COC(=O)c2ccccc2N)CC1. The van der Waals surface area contributed by atoms with Gasteiger partial charge in [-0.15, -0.1) is 0 Å². The lowest BCUT2D eigenvalue weighted by molar-refractivity contribution is 0.0298. The lowest BCUT2D eigenvalue weighted by Crippen LogP contribution is -2.24. The van der Waals surface area contributed by atoms with Crippen molar-refractivity contribution in [3.8, 4) is 0 Å². The molecule has 28 heavy (non-hydrogen) atoms. The molecule has 0 aromatic heterocycles. The highest BCUT2D eigenvalue weighted by Crippen LogP contribution is 2.30. The number of ether oxygens (including phenoxy) is 2. The Morgan fingerprint density at radius 2 is 1.07 bits per heavy atom. The second-order valence-electron chi connectivity index (χ2n) is 7.26. The Morgan fingerprint density at radius 1 is 0.714 bits per heavy atom. The van der Waals surface area contributed by atoms with Crippen LogP contribution in [0, 0.1) is 11.8 Å². The molecule has 0 saturated heterocycles. The van der Waals surface area contributed by atoms with Crippen molar-refractivity contribution in [2.75, 3.05) is 24.7 Å². The van der Waals surface area contributed by atoms with Crippen LogP contribution in [0.25, 0.3) is 0 Å². The number of rotatable bonds is 6. The lowest BCUT2D eigenvalue weighted by Gasteiger charge is -2.27. The number of carbonyl (C=O) groups is 2. The summed E-state index contributed by atoms with van der Waals surface area (Å²) in [6, 6.07) is 13.8. The Balaban J connectivity index is 1.39. The first-order valence-electron chi connectivity index (χ1n) is 9.58. The molecule has 0 bridgehead atoms. The van der Waals surface area contributed by atoms with Gasteiger partial charge in [-0.05, 0) is 61.8 Å². The van der Waals surface area contributed by atoms with E-state index in [0.717, 1.165) is 25.7 Å². The van der Waals surface area contributed by atoms with E-state index in [2.05, 4.69) is 0 Å². The number of anilines is 2. The molecule has 0 unspecified atom stereocenters. The van der Waals surface area contributed by atoms with E-state index in [4.69, 9.17) is 20.9 Å². The largest absolute Gasteiger partial charge is 0.462 e. The second kappa shape index (κ2) is 9.26. The highest BCUT2D eigenvalue weighted by atomic mass is 16.5. The van der Waals surface area contributed by atoms with Gasteiger partial charge in [-0.2, -0.15) is 0 Å². The fourth-order valence-electron chi connectivity index (χ4n) is 3.47. The third-order valence-corrected chi connectivity index (χ3v) is 5.23. The van der Waals surface area contributed by atoms with E-state index in [1.165, 1.54) is 0 Å². The van der Waals surface area contributed by atoms with Crippen molar-refractivity contribution in [2.24, 2.45) is 11.8 Å². The van der Waals surface area contributed by atoms with Gasteiger partial charge < -0.3 is 20.9 Å². The molecule has 4 N–H and O–H groups in total. The van der Waals surface area contributed by atoms with Gasteiger partial charge in [0.1, 0.15) is 0 Å². The van der Waals surface area contributed by atoms with Crippen LogP contribution < -0.4 is 11.5 Å². The Labute approximate surface area is 164 Å². The summed E-state index contributed by atoms with van der Waals surface area (Å²) >= 11 is 0. The summed E-state index contributed by atoms with van der Waals surface area (Å²) in [6.07, 6.45) is 3.75. The number of carbonyl (C=O) groups excluding carboxylic acids is 2. The molecule has 0 aliphatic heterocycles. The van der Waals surface area contributed by atoms with Crippen molar-refractivity contribution in [3.05, 3.63) is 59.7 Å². The average molecular weight is 382 g/mol. The molecular formula is C22H26N2O4. The summed E-state index contributed by atoms with van der Waals surface area (Å²) in [5, 5.41) is 0. The molecule has 1 saturated carbocycles. The number of para-hydroxylation sites is 2. The molecule has 6 nitrogen and oxygen atoms in total. The van der Waals surface area contributed by atoms with Crippen LogP contribution in [0.1, 0.15) is 46.4 Å². The standard InChI is InChI=1S/C22H26N2O4/c23-19-7-3-1-5-17(19)21(25)27-13-15-9-11-16(12-10-15)14-28-22(26)18-6-2-4-8-20(18)24/h1-8,15-16H,9-14,23-24H2. The normalized spacial score (nSPS) is 19.0. The molecule has 1 aliphatic carbocycles. The molecule has 6 heteroatoms. The summed E-state index contributed by atoms with van der Waals surface area (Å²) < 4.78 is 10.9. The zero-order valence-electron chi connectivity index (χ0n) is 15.8. The van der Waals surface area contributed by atoms with Gasteiger partial charge in [0.2, 0.25) is 0 Å². The van der Waals surface area contributed by atoms with Gasteiger partial charge >= 0.3 is 11.9 Å². The van der Waals surface area contributed by atoms with Crippen LogP contribution in [0.5, 0.6) is 0 Å². The van der Waals surface area contributed by atoms with E-state index >= 15 is 0 Å². The lowest BCUT2D eigenvalue weighted by atomic mass is 9.83. The van der Waals surface area contributed by atoms with Crippen LogP contribution in [-0.4, -0.2) is 25.2 Å². The van der Waals surface area contributed by atoms with E-state index in [9.17, 15) is 9.59 Å². The van der Waals surface area contributed by atoms with E-state index in [0.29, 0.717) is 47.6 Å². The van der Waals surface area contributed by atoms with Crippen LogP contribution in [0.15, 0.2) is 48.5 Å². The fourth-order valence-corrected chi connectivity index (χ4v) is 3.47. The van der Waals surface area contributed by atoms with Crippen LogP contribution >= 0.6 is 0 Å². The molecule has 1 aliphatic rings. The van der Waals surface area contributed by atoms with Crippen molar-refractivity contribution < 1.29 is 19.1 Å². The molecule has 2 aromatic carbocycles. The zero-order chi connectivity index (χ0) is 19.9. The summed E-state index contributed by atoms with van der Waals surface area (Å²) in [5.41, 5.74) is 13.3. The molecule has 2 aromatic rings. The minimum absolute atomic E-state index is 0.325. The predicted octanol–water partition coefficient (Wildman–Crippen LogP) is 3.67. The maximum atomic E-state index is 12.1. The minimum atomic E-state index is -0.380. The Bertz CT molecular complexity index is 759. The van der Waals surface area contributed by atoms with Gasteiger partial charge in [-0.25, -0.2) is 9.59 Å². The number of benzene rings is 2. The Kier molecular flexibility index (Phi) is 6.53. The van der Waals surface area contributed by atoms with Crippen LogP contribution in [0.4, 0.5) is 11.4 Å². The third-order valence-electron chi connectivity index (χ3n) is 5.23. The predicted molar refractivity (Wildman–Crippen MR) is 108 cm³/mol. The van der Waals surface area contributed by atoms with Crippen molar-refractivity contribution in [2.45, 2.75) is 25.7 Å². The average Bonchev–Trinajstić information content (AvgIpc) is 2.71. The fraction of sp³-hybridized carbons (Fsp3) is 0.364. The first-order chi connectivity index (χ1) is 13.5. The molecule has 3 rings (SSSR count). The molecule has 0 spiro atoms. The van der Waals surface area contributed by atoms with E-state index < -0.39 is 0 Å². The van der Waals surface area contributed by atoms with Crippen molar-refractivity contribution in [1.82, 2.24) is 0 Å². The van der Waals surface area contributed by atoms with Gasteiger partial charge in [0.05, 0.1) is 24.3 Å². The second-order valence-corrected chi connectivity index (χ2v) is 7.26. The van der Waals surface area contributed by atoms with Gasteiger partial charge in [0.25, 0.3) is 0 Å². The van der Waals surface area contributed by atoms with E-state index in [-0.39, 0.29) is 11.9 Å². The quantitative estimate of drug-likeness (QED) is 0.583. The topological polar surface area (TPSA) is 105 Å². The number of hydrogen-bond acceptors (Lipinski definition) is 6. The number of nitrogens with two attached hydrogens (primary N) is 2. The Hall–Kier alpha value is -3.02. The molecule has 1 fully saturated rings. The van der Waals surface area contributed by atoms with Gasteiger partial charge in [-0.1, -0.05) is 24.3 Å². The highest BCUT2D eigenvalue weighted by molar-refractivity contribution is 5.95. The van der Waals surface area contributed by atoms with Gasteiger partial charge in [0.15, 0.2) is 0 Å². The molecular weight excluding hydrogens is 356 g/mol. The Morgan fingerprint density at radius 3 is 1.43 bits per heavy atom. The number of hydrogen-bond donors (Lipinski definition) is 2. The van der Waals surface area contributed by atoms with Crippen molar-refractivity contribution >= 4 is 23.3 Å². The first kappa shape index (κ1) is 19.7. The van der Waals surface area contributed by atoms with Crippen LogP contribution in [0.3, 0.4) is 0 Å². The summed E-state index contributed by atoms with van der Waals surface area (Å²) in [4.78, 5) is 24.3. The van der Waals surface area contributed by atoms with Crippen LogP contribution in [-0.2, 0) is 9.47 Å². The molecule has 0 atom stereocenters. The van der Waals surface area contributed by atoms with E-state index in [1.807, 2.05) is 0 Å². The molecule has 0 radical (unpaired) electrons. The summed E-state index contributed by atoms with van der Waals surface area (Å²) in [5.74, 6) is -0.111. The summed E-state index contributed by atoms with van der Waals surface area (Å²) in [7, 11) is 0. The van der Waals surface area contributed by atoms with Gasteiger partial charge in [-0.3, -0.25) is 0 Å². The minimum Gasteiger partial charge on any atom is -0.462 e. The summed E-state index contributed by atoms with van der Waals surface area (Å²) in [6.45, 7) is 0.778. The molecule has 148 valence electrons. The van der Waals surface area contributed by atoms with Crippen molar-refractivity contribution in [3.63, 3.8) is 0 Å². The monoisotopic (exact) mass is 382 g/mol. The smallest absolute Gasteiger partial charge is 0.340 e. The maximum Gasteiger partial charge on any atom is 0.340 e. The number of nitrogen functional groups attached to an aromatic ring is 2. The molecule has 0 heterocycles. The number of esters is 2. The maximum absolute atomic E-state index is 12.1. The highest BCUT2D eigenvalue weighted by Gasteiger charge is 2.24.